The van der Waals surface area contributed by atoms with Gasteiger partial charge in [-0.2, -0.15) is 0 Å². The van der Waals surface area contributed by atoms with Crippen LogP contribution in [0.4, 0.5) is 0 Å². The molecule has 1 saturated carbocycles. The summed E-state index contributed by atoms with van der Waals surface area (Å²) in [6, 6.07) is 0. The molecule has 0 amide bonds. The van der Waals surface area contributed by atoms with E-state index in [-0.39, 0.29) is 0 Å². The van der Waals surface area contributed by atoms with Crippen LogP contribution in [-0.4, -0.2) is 5.71 Å². The smallest absolute Gasteiger partial charge is 0.0403 e. The SMILES string of the molecule is C1=CN=C(CC2CCCCC2)C=CC1.CC. The largest absolute Gasteiger partial charge is 0.262 e. The third-order valence-electron chi connectivity index (χ3n) is 3.15. The van der Waals surface area contributed by atoms with E-state index < -0.39 is 0 Å². The van der Waals surface area contributed by atoms with Crippen LogP contribution >= 0.6 is 0 Å². The summed E-state index contributed by atoms with van der Waals surface area (Å²) in [6.07, 6.45) is 17.8. The lowest BCUT2D eigenvalue weighted by Crippen LogP contribution is -2.10. The molecule has 1 aliphatic carbocycles. The minimum atomic E-state index is 0.902. The molecule has 1 heterocycles. The first-order valence-corrected chi connectivity index (χ1v) is 6.83. The minimum Gasteiger partial charge on any atom is -0.262 e. The van der Waals surface area contributed by atoms with Crippen LogP contribution in [-0.2, 0) is 0 Å². The molecule has 2 rings (SSSR count). The molecule has 1 heteroatoms. The van der Waals surface area contributed by atoms with E-state index in [9.17, 15) is 0 Å². The van der Waals surface area contributed by atoms with Crippen LogP contribution in [0.25, 0.3) is 0 Å². The summed E-state index contributed by atoms with van der Waals surface area (Å²) >= 11 is 0. The molecule has 0 unspecified atom stereocenters. The third-order valence-corrected chi connectivity index (χ3v) is 3.15. The fourth-order valence-electron chi connectivity index (χ4n) is 2.34. The lowest BCUT2D eigenvalue weighted by atomic mass is 9.85. The highest BCUT2D eigenvalue weighted by Gasteiger charge is 2.14. The Labute approximate surface area is 100 Å². The Morgan fingerprint density at radius 1 is 1.12 bits per heavy atom. The van der Waals surface area contributed by atoms with Crippen molar-refractivity contribution in [1.29, 1.82) is 0 Å². The molecule has 1 fully saturated rings. The van der Waals surface area contributed by atoms with Crippen molar-refractivity contribution in [2.24, 2.45) is 10.9 Å². The molecule has 0 aromatic heterocycles. The number of allylic oxidation sites excluding steroid dienone is 3. The van der Waals surface area contributed by atoms with E-state index in [0.717, 1.165) is 12.3 Å². The molecular weight excluding hydrogens is 194 g/mol. The lowest BCUT2D eigenvalue weighted by molar-refractivity contribution is 0.368. The van der Waals surface area contributed by atoms with Gasteiger partial charge in [-0.15, -0.1) is 0 Å². The maximum absolute atomic E-state index is 4.47. The highest BCUT2D eigenvalue weighted by molar-refractivity contribution is 5.95. The molecule has 0 aromatic carbocycles. The Morgan fingerprint density at radius 3 is 2.62 bits per heavy atom. The van der Waals surface area contributed by atoms with Gasteiger partial charge >= 0.3 is 0 Å². The van der Waals surface area contributed by atoms with Gasteiger partial charge in [-0.3, -0.25) is 4.99 Å². The number of nitrogens with zero attached hydrogens (tertiary/aromatic N) is 1. The standard InChI is InChI=1S/C13H19N.C2H6/c1-3-7-12(8-4-1)11-13-9-5-2-6-10-14-13;1-2/h5-6,9-10,12H,1-4,7-8,11H2;1-2H3. The van der Waals surface area contributed by atoms with E-state index in [2.05, 4.69) is 23.2 Å². The van der Waals surface area contributed by atoms with Crippen LogP contribution < -0.4 is 0 Å². The first-order valence-electron chi connectivity index (χ1n) is 6.83. The zero-order chi connectivity index (χ0) is 11.6. The molecular formula is C15H25N. The second kappa shape index (κ2) is 8.32. The summed E-state index contributed by atoms with van der Waals surface area (Å²) in [5.41, 5.74) is 1.28. The highest BCUT2D eigenvalue weighted by atomic mass is 14.7. The fourth-order valence-corrected chi connectivity index (χ4v) is 2.34. The quantitative estimate of drug-likeness (QED) is 0.626. The van der Waals surface area contributed by atoms with Gasteiger partial charge in [-0.25, -0.2) is 0 Å². The first kappa shape index (κ1) is 13.2. The van der Waals surface area contributed by atoms with E-state index >= 15 is 0 Å². The zero-order valence-corrected chi connectivity index (χ0v) is 10.8. The Kier molecular flexibility index (Phi) is 6.87. The van der Waals surface area contributed by atoms with Crippen molar-refractivity contribution in [3.8, 4) is 0 Å². The van der Waals surface area contributed by atoms with Crippen LogP contribution in [0.3, 0.4) is 0 Å². The van der Waals surface area contributed by atoms with E-state index in [1.54, 1.807) is 0 Å². The molecule has 16 heavy (non-hydrogen) atoms. The first-order chi connectivity index (χ1) is 7.95. The molecule has 0 radical (unpaired) electrons. The third kappa shape index (κ3) is 4.78. The normalized spacial score (nSPS) is 20.8. The van der Waals surface area contributed by atoms with Crippen molar-refractivity contribution in [2.75, 3.05) is 0 Å². The van der Waals surface area contributed by atoms with Crippen molar-refractivity contribution in [1.82, 2.24) is 0 Å². The minimum absolute atomic E-state index is 0.902. The summed E-state index contributed by atoms with van der Waals surface area (Å²) in [7, 11) is 0. The molecule has 0 bridgehead atoms. The van der Waals surface area contributed by atoms with Crippen LogP contribution in [0.5, 0.6) is 0 Å². The monoisotopic (exact) mass is 219 g/mol. The van der Waals surface area contributed by atoms with Crippen molar-refractivity contribution in [3.05, 3.63) is 24.4 Å². The van der Waals surface area contributed by atoms with Gasteiger partial charge in [0.1, 0.15) is 0 Å². The summed E-state index contributed by atoms with van der Waals surface area (Å²) < 4.78 is 0. The maximum Gasteiger partial charge on any atom is 0.0403 e. The van der Waals surface area contributed by atoms with E-state index in [0.29, 0.717) is 0 Å². The molecule has 0 saturated heterocycles. The number of hydrogen-bond acceptors (Lipinski definition) is 1. The molecule has 1 aliphatic heterocycles. The Bertz CT molecular complexity index is 255. The topological polar surface area (TPSA) is 12.4 Å². The van der Waals surface area contributed by atoms with Gasteiger partial charge in [-0.1, -0.05) is 58.1 Å². The summed E-state index contributed by atoms with van der Waals surface area (Å²) in [4.78, 5) is 4.47. The maximum atomic E-state index is 4.47. The van der Waals surface area contributed by atoms with Crippen LogP contribution in [0.15, 0.2) is 29.4 Å². The summed E-state index contributed by atoms with van der Waals surface area (Å²) in [5.74, 6) is 0.902. The Hall–Kier alpha value is -0.850. The van der Waals surface area contributed by atoms with Gasteiger partial charge in [-0.05, 0) is 24.8 Å². The van der Waals surface area contributed by atoms with Crippen LogP contribution in [0.2, 0.25) is 0 Å². The van der Waals surface area contributed by atoms with Crippen LogP contribution in [0.1, 0.15) is 58.8 Å². The number of rotatable bonds is 2. The van der Waals surface area contributed by atoms with Gasteiger partial charge in [0.05, 0.1) is 0 Å². The second-order valence-electron chi connectivity index (χ2n) is 4.35. The zero-order valence-electron chi connectivity index (χ0n) is 10.8. The molecule has 0 atom stereocenters. The van der Waals surface area contributed by atoms with Gasteiger partial charge in [0.15, 0.2) is 0 Å². The van der Waals surface area contributed by atoms with Gasteiger partial charge in [0.2, 0.25) is 0 Å². The number of hydrogen-bond donors (Lipinski definition) is 0. The average Bonchev–Trinajstić information content (AvgIpc) is 2.62. The second-order valence-corrected chi connectivity index (χ2v) is 4.35. The summed E-state index contributed by atoms with van der Waals surface area (Å²) in [5, 5.41) is 0. The Morgan fingerprint density at radius 2 is 1.88 bits per heavy atom. The molecule has 90 valence electrons. The summed E-state index contributed by atoms with van der Waals surface area (Å²) in [6.45, 7) is 4.00. The van der Waals surface area contributed by atoms with Gasteiger partial charge in [0, 0.05) is 11.9 Å². The molecule has 1 nitrogen and oxygen atoms in total. The van der Waals surface area contributed by atoms with Crippen molar-refractivity contribution >= 4 is 5.71 Å². The molecule has 0 aromatic rings. The van der Waals surface area contributed by atoms with Gasteiger partial charge in [0.25, 0.3) is 0 Å². The van der Waals surface area contributed by atoms with Crippen molar-refractivity contribution in [2.45, 2.75) is 58.8 Å². The molecule has 2 aliphatic rings. The van der Waals surface area contributed by atoms with Crippen LogP contribution in [0, 0.1) is 5.92 Å². The Balaban J connectivity index is 0.000000606. The van der Waals surface area contributed by atoms with E-state index in [1.165, 1.54) is 44.2 Å². The average molecular weight is 219 g/mol. The highest BCUT2D eigenvalue weighted by Crippen LogP contribution is 2.27. The van der Waals surface area contributed by atoms with Crippen molar-refractivity contribution in [3.63, 3.8) is 0 Å². The predicted octanol–water partition coefficient (Wildman–Crippen LogP) is 4.90. The van der Waals surface area contributed by atoms with Crippen molar-refractivity contribution < 1.29 is 0 Å². The lowest BCUT2D eigenvalue weighted by Gasteiger charge is -2.21. The van der Waals surface area contributed by atoms with E-state index in [1.807, 2.05) is 20.0 Å². The van der Waals surface area contributed by atoms with Gasteiger partial charge < -0.3 is 0 Å². The molecule has 0 N–H and O–H groups in total. The molecule has 0 spiro atoms. The predicted molar refractivity (Wildman–Crippen MR) is 72.9 cm³/mol. The number of aliphatic imine (C=N–C) groups is 1. The fraction of sp³-hybridized carbons (Fsp3) is 0.667. The van der Waals surface area contributed by atoms with E-state index in [4.69, 9.17) is 0 Å².